The number of rotatable bonds is 4. The predicted octanol–water partition coefficient (Wildman–Crippen LogP) is 3.60. The van der Waals surface area contributed by atoms with Gasteiger partial charge in [0.25, 0.3) is 0 Å². The van der Waals surface area contributed by atoms with E-state index >= 15 is 0 Å². The average molecular weight is 412 g/mol. The molecule has 0 bridgehead atoms. The second kappa shape index (κ2) is 8.13. The highest BCUT2D eigenvalue weighted by atomic mass is 35.5. The number of halogens is 1. The van der Waals surface area contributed by atoms with Gasteiger partial charge in [-0.2, -0.15) is 10.1 Å². The average Bonchev–Trinajstić information content (AvgIpc) is 3.46. The first-order chi connectivity index (χ1) is 13.7. The van der Waals surface area contributed by atoms with E-state index in [1.165, 1.54) is 16.3 Å². The van der Waals surface area contributed by atoms with Crippen molar-refractivity contribution in [2.24, 2.45) is 13.0 Å². The number of hydrogen-bond acceptors (Lipinski definition) is 4. The Morgan fingerprint density at radius 3 is 2.72 bits per heavy atom. The third-order valence-corrected chi connectivity index (χ3v) is 6.07. The summed E-state index contributed by atoms with van der Waals surface area (Å²) in [7, 11) is 1.85. The Kier molecular flexibility index (Phi) is 5.56. The highest BCUT2D eigenvalue weighted by molar-refractivity contribution is 5.95. The first-order valence-electron chi connectivity index (χ1n) is 10.1. The smallest absolute Gasteiger partial charge is 0.230 e. The maximum atomic E-state index is 12.8. The van der Waals surface area contributed by atoms with Crippen LogP contribution in [0.1, 0.15) is 42.5 Å². The summed E-state index contributed by atoms with van der Waals surface area (Å²) in [5.41, 5.74) is 1.27. The number of hydrogen-bond donors (Lipinski definition) is 2. The predicted molar refractivity (Wildman–Crippen MR) is 117 cm³/mol. The maximum absolute atomic E-state index is 12.8. The Hall–Kier alpha value is -2.44. The second-order valence-corrected chi connectivity index (χ2v) is 7.95. The largest absolute Gasteiger partial charge is 0.317 e. The summed E-state index contributed by atoms with van der Waals surface area (Å²) in [4.78, 5) is 17.5. The summed E-state index contributed by atoms with van der Waals surface area (Å²) in [5.74, 6) is 2.11. The van der Waals surface area contributed by atoms with Gasteiger partial charge in [-0.05, 0) is 54.6 Å². The van der Waals surface area contributed by atoms with Gasteiger partial charge in [-0.3, -0.25) is 10.1 Å². The zero-order valence-electron chi connectivity index (χ0n) is 16.5. The van der Waals surface area contributed by atoms with Crippen molar-refractivity contribution in [2.75, 3.05) is 18.4 Å². The minimum Gasteiger partial charge on any atom is -0.317 e. The van der Waals surface area contributed by atoms with Crippen molar-refractivity contribution in [1.82, 2.24) is 20.1 Å². The van der Waals surface area contributed by atoms with E-state index in [4.69, 9.17) is 0 Å². The molecule has 5 rings (SSSR count). The second-order valence-electron chi connectivity index (χ2n) is 7.95. The molecule has 2 heterocycles. The van der Waals surface area contributed by atoms with E-state index in [0.29, 0.717) is 11.9 Å². The Morgan fingerprint density at radius 2 is 1.90 bits per heavy atom. The van der Waals surface area contributed by atoms with E-state index in [2.05, 4.69) is 63.2 Å². The molecule has 7 heteroatoms. The normalized spacial score (nSPS) is 21.6. The first kappa shape index (κ1) is 19.9. The molecule has 0 spiro atoms. The van der Waals surface area contributed by atoms with Crippen LogP contribution in [-0.2, 0) is 11.8 Å². The lowest BCUT2D eigenvalue weighted by Gasteiger charge is -2.19. The number of fused-ring (bicyclic) bond motifs is 1. The van der Waals surface area contributed by atoms with Gasteiger partial charge in [-0.1, -0.05) is 42.5 Å². The Balaban J connectivity index is 0.00000205. The number of nitrogens with zero attached hydrogens (tertiary/aromatic N) is 3. The summed E-state index contributed by atoms with van der Waals surface area (Å²) in [6, 6.07) is 14.7. The number of anilines is 1. The van der Waals surface area contributed by atoms with Crippen LogP contribution >= 0.6 is 12.4 Å². The monoisotopic (exact) mass is 411 g/mol. The molecule has 1 saturated heterocycles. The van der Waals surface area contributed by atoms with Crippen LogP contribution in [0.5, 0.6) is 0 Å². The highest BCUT2D eigenvalue weighted by Crippen LogP contribution is 2.49. The van der Waals surface area contributed by atoms with Gasteiger partial charge < -0.3 is 5.32 Å². The minimum atomic E-state index is 0. The summed E-state index contributed by atoms with van der Waals surface area (Å²) in [6.45, 7) is 2.00. The molecule has 1 aromatic heterocycles. The molecule has 2 aliphatic rings. The van der Waals surface area contributed by atoms with Crippen LogP contribution in [0.15, 0.2) is 42.5 Å². The number of carbonyl (C=O) groups is 1. The van der Waals surface area contributed by atoms with Gasteiger partial charge in [0, 0.05) is 18.9 Å². The van der Waals surface area contributed by atoms with Crippen molar-refractivity contribution in [3.05, 3.63) is 53.9 Å². The van der Waals surface area contributed by atoms with Crippen LogP contribution in [-0.4, -0.2) is 33.8 Å². The minimum absolute atomic E-state index is 0. The third kappa shape index (κ3) is 3.87. The fourth-order valence-electron chi connectivity index (χ4n) is 4.37. The molecule has 2 atom stereocenters. The molecule has 6 nitrogen and oxygen atoms in total. The molecule has 0 radical (unpaired) electrons. The molecule has 2 aromatic carbocycles. The number of carbonyl (C=O) groups excluding carboxylic acids is 1. The SMILES string of the molecule is Cl.Cn1nc(C2CCNCC2)nc1NC(=O)C1CC1c1cccc2ccccc12. The molecular formula is C22H26ClN5O. The lowest BCUT2D eigenvalue weighted by Crippen LogP contribution is -2.27. The quantitative estimate of drug-likeness (QED) is 0.688. The molecule has 3 aromatic rings. The molecular weight excluding hydrogens is 386 g/mol. The van der Waals surface area contributed by atoms with Gasteiger partial charge in [0.05, 0.1) is 0 Å². The van der Waals surface area contributed by atoms with Gasteiger partial charge in [0.1, 0.15) is 0 Å². The molecule has 2 unspecified atom stereocenters. The topological polar surface area (TPSA) is 71.8 Å². The molecule has 1 aliphatic heterocycles. The van der Waals surface area contributed by atoms with Crippen molar-refractivity contribution in [2.45, 2.75) is 31.1 Å². The van der Waals surface area contributed by atoms with Gasteiger partial charge >= 0.3 is 0 Å². The number of aromatic nitrogens is 3. The van der Waals surface area contributed by atoms with Crippen LogP contribution in [0.25, 0.3) is 10.8 Å². The molecule has 1 saturated carbocycles. The van der Waals surface area contributed by atoms with E-state index in [0.717, 1.165) is 38.2 Å². The van der Waals surface area contributed by atoms with Crippen LogP contribution < -0.4 is 10.6 Å². The van der Waals surface area contributed by atoms with Gasteiger partial charge in [-0.25, -0.2) is 4.68 Å². The van der Waals surface area contributed by atoms with E-state index in [1.807, 2.05) is 7.05 Å². The van der Waals surface area contributed by atoms with E-state index in [-0.39, 0.29) is 30.2 Å². The van der Waals surface area contributed by atoms with Crippen LogP contribution in [0, 0.1) is 5.92 Å². The third-order valence-electron chi connectivity index (χ3n) is 6.07. The van der Waals surface area contributed by atoms with Crippen molar-refractivity contribution < 1.29 is 4.79 Å². The Bertz CT molecular complexity index is 1020. The van der Waals surface area contributed by atoms with Crippen molar-refractivity contribution in [1.29, 1.82) is 0 Å². The highest BCUT2D eigenvalue weighted by Gasteiger charge is 2.45. The zero-order valence-corrected chi connectivity index (χ0v) is 17.3. The summed E-state index contributed by atoms with van der Waals surface area (Å²) >= 11 is 0. The number of amides is 1. The Labute approximate surface area is 176 Å². The fourth-order valence-corrected chi connectivity index (χ4v) is 4.37. The van der Waals surface area contributed by atoms with Crippen LogP contribution in [0.4, 0.5) is 5.95 Å². The lowest BCUT2D eigenvalue weighted by atomic mass is 9.98. The molecule has 152 valence electrons. The fraction of sp³-hybridized carbons (Fsp3) is 0.409. The maximum Gasteiger partial charge on any atom is 0.230 e. The van der Waals surface area contributed by atoms with Gasteiger partial charge in [-0.15, -0.1) is 12.4 Å². The molecule has 2 N–H and O–H groups in total. The number of aryl methyl sites for hydroxylation is 1. The lowest BCUT2D eigenvalue weighted by molar-refractivity contribution is -0.117. The van der Waals surface area contributed by atoms with E-state index < -0.39 is 0 Å². The summed E-state index contributed by atoms with van der Waals surface area (Å²) in [6.07, 6.45) is 2.98. The standard InChI is InChI=1S/C22H25N5O.ClH/c1-27-22(24-20(26-27)15-9-11-23-12-10-15)25-21(28)19-13-18(19)17-8-4-6-14-5-2-3-7-16(14)17;/h2-8,15,18-19,23H,9-13H2,1H3,(H,24,25,26,28);1H. The van der Waals surface area contributed by atoms with E-state index in [9.17, 15) is 4.79 Å². The number of piperidine rings is 1. The number of benzene rings is 2. The van der Waals surface area contributed by atoms with Crippen molar-refractivity contribution in [3.63, 3.8) is 0 Å². The molecule has 1 amide bonds. The Morgan fingerprint density at radius 1 is 1.14 bits per heavy atom. The zero-order chi connectivity index (χ0) is 19.1. The van der Waals surface area contributed by atoms with Crippen molar-refractivity contribution >= 4 is 35.0 Å². The first-order valence-corrected chi connectivity index (χ1v) is 10.1. The van der Waals surface area contributed by atoms with Crippen LogP contribution in [0.3, 0.4) is 0 Å². The van der Waals surface area contributed by atoms with Crippen molar-refractivity contribution in [3.8, 4) is 0 Å². The van der Waals surface area contributed by atoms with Gasteiger partial charge in [0.15, 0.2) is 5.82 Å². The van der Waals surface area contributed by atoms with E-state index in [1.54, 1.807) is 4.68 Å². The molecule has 2 fully saturated rings. The summed E-state index contributed by atoms with van der Waals surface area (Å²) in [5, 5.41) is 13.4. The van der Waals surface area contributed by atoms with Crippen LogP contribution in [0.2, 0.25) is 0 Å². The number of nitrogens with one attached hydrogen (secondary N) is 2. The molecule has 1 aliphatic carbocycles. The summed E-state index contributed by atoms with van der Waals surface area (Å²) < 4.78 is 1.70. The van der Waals surface area contributed by atoms with Gasteiger partial charge in [0.2, 0.25) is 11.9 Å². The molecule has 29 heavy (non-hydrogen) atoms.